The van der Waals surface area contributed by atoms with Crippen LogP contribution in [0.3, 0.4) is 0 Å². The monoisotopic (exact) mass is 220 g/mol. The van der Waals surface area contributed by atoms with Gasteiger partial charge in [-0.1, -0.05) is 43.2 Å². The Morgan fingerprint density at radius 2 is 1.62 bits per heavy atom. The molecule has 0 spiro atoms. The van der Waals surface area contributed by atoms with E-state index in [-0.39, 0.29) is 0 Å². The maximum atomic E-state index is 3.45. The van der Waals surface area contributed by atoms with Gasteiger partial charge in [-0.3, -0.25) is 0 Å². The van der Waals surface area contributed by atoms with Gasteiger partial charge < -0.3 is 10.6 Å². The Morgan fingerprint density at radius 3 is 2.19 bits per heavy atom. The SMILES string of the molecule is Cc1cc(C)cc(CNCCNC(C)C)c1. The average Bonchev–Trinajstić information content (AvgIpc) is 2.15. The van der Waals surface area contributed by atoms with Crippen molar-refractivity contribution in [2.75, 3.05) is 13.1 Å². The molecule has 2 heteroatoms. The van der Waals surface area contributed by atoms with Crippen LogP contribution in [0.1, 0.15) is 30.5 Å². The summed E-state index contributed by atoms with van der Waals surface area (Å²) in [5, 5.41) is 6.84. The van der Waals surface area contributed by atoms with Crippen LogP contribution in [-0.2, 0) is 6.54 Å². The molecule has 0 saturated heterocycles. The van der Waals surface area contributed by atoms with E-state index in [1.54, 1.807) is 0 Å². The van der Waals surface area contributed by atoms with E-state index in [1.807, 2.05) is 0 Å². The fourth-order valence-electron chi connectivity index (χ4n) is 1.85. The van der Waals surface area contributed by atoms with E-state index < -0.39 is 0 Å². The number of hydrogen-bond acceptors (Lipinski definition) is 2. The molecule has 0 aliphatic carbocycles. The topological polar surface area (TPSA) is 24.1 Å². The maximum Gasteiger partial charge on any atom is 0.0206 e. The van der Waals surface area contributed by atoms with E-state index >= 15 is 0 Å². The van der Waals surface area contributed by atoms with Crippen molar-refractivity contribution < 1.29 is 0 Å². The van der Waals surface area contributed by atoms with Crippen LogP contribution in [0.4, 0.5) is 0 Å². The number of hydrogen-bond donors (Lipinski definition) is 2. The number of benzene rings is 1. The predicted molar refractivity (Wildman–Crippen MR) is 70.8 cm³/mol. The van der Waals surface area contributed by atoms with Gasteiger partial charge in [0.2, 0.25) is 0 Å². The van der Waals surface area contributed by atoms with Gasteiger partial charge >= 0.3 is 0 Å². The summed E-state index contributed by atoms with van der Waals surface area (Å²) in [6.07, 6.45) is 0. The molecule has 0 aliphatic heterocycles. The normalized spacial score (nSPS) is 11.1. The van der Waals surface area contributed by atoms with Crippen LogP contribution in [0.2, 0.25) is 0 Å². The molecule has 0 bridgehead atoms. The zero-order valence-electron chi connectivity index (χ0n) is 10.9. The molecule has 2 nitrogen and oxygen atoms in total. The molecule has 1 aromatic carbocycles. The van der Waals surface area contributed by atoms with E-state index in [9.17, 15) is 0 Å². The number of aryl methyl sites for hydroxylation is 2. The van der Waals surface area contributed by atoms with Crippen molar-refractivity contribution in [2.45, 2.75) is 40.3 Å². The summed E-state index contributed by atoms with van der Waals surface area (Å²) in [6.45, 7) is 11.7. The third-order valence-electron chi connectivity index (χ3n) is 2.46. The smallest absolute Gasteiger partial charge is 0.0206 e. The van der Waals surface area contributed by atoms with Crippen molar-refractivity contribution >= 4 is 0 Å². The molecular formula is C14H24N2. The van der Waals surface area contributed by atoms with E-state index in [1.165, 1.54) is 16.7 Å². The third-order valence-corrected chi connectivity index (χ3v) is 2.46. The highest BCUT2D eigenvalue weighted by Gasteiger charge is 1.96. The molecule has 0 amide bonds. The fraction of sp³-hybridized carbons (Fsp3) is 0.571. The van der Waals surface area contributed by atoms with E-state index in [2.05, 4.69) is 56.5 Å². The van der Waals surface area contributed by atoms with Crippen LogP contribution in [0.25, 0.3) is 0 Å². The first-order chi connectivity index (χ1) is 7.58. The molecule has 1 rings (SSSR count). The standard InChI is InChI=1S/C14H24N2/c1-11(2)16-6-5-15-10-14-8-12(3)7-13(4)9-14/h7-9,11,15-16H,5-6,10H2,1-4H3. The number of nitrogens with one attached hydrogen (secondary N) is 2. The van der Waals surface area contributed by atoms with Crippen molar-refractivity contribution in [3.8, 4) is 0 Å². The summed E-state index contributed by atoms with van der Waals surface area (Å²) in [4.78, 5) is 0. The minimum absolute atomic E-state index is 0.572. The minimum Gasteiger partial charge on any atom is -0.313 e. The molecule has 90 valence electrons. The van der Waals surface area contributed by atoms with Crippen molar-refractivity contribution in [3.05, 3.63) is 34.9 Å². The van der Waals surface area contributed by atoms with E-state index in [0.29, 0.717) is 6.04 Å². The summed E-state index contributed by atoms with van der Waals surface area (Å²) in [7, 11) is 0. The van der Waals surface area contributed by atoms with Crippen molar-refractivity contribution in [2.24, 2.45) is 0 Å². The molecule has 0 radical (unpaired) electrons. The van der Waals surface area contributed by atoms with Crippen LogP contribution in [0.15, 0.2) is 18.2 Å². The lowest BCUT2D eigenvalue weighted by Gasteiger charge is -2.10. The average molecular weight is 220 g/mol. The van der Waals surface area contributed by atoms with E-state index in [0.717, 1.165) is 19.6 Å². The van der Waals surface area contributed by atoms with Gasteiger partial charge in [0.05, 0.1) is 0 Å². The fourth-order valence-corrected chi connectivity index (χ4v) is 1.85. The lowest BCUT2D eigenvalue weighted by molar-refractivity contribution is 0.555. The third kappa shape index (κ3) is 5.29. The van der Waals surface area contributed by atoms with Gasteiger partial charge in [-0.25, -0.2) is 0 Å². The second-order valence-electron chi connectivity index (χ2n) is 4.78. The van der Waals surface area contributed by atoms with Crippen LogP contribution in [-0.4, -0.2) is 19.1 Å². The first-order valence-corrected chi connectivity index (χ1v) is 6.09. The molecule has 2 N–H and O–H groups in total. The van der Waals surface area contributed by atoms with Crippen LogP contribution >= 0.6 is 0 Å². The molecule has 0 heterocycles. The maximum absolute atomic E-state index is 3.45. The molecule has 0 saturated carbocycles. The van der Waals surface area contributed by atoms with Crippen molar-refractivity contribution in [3.63, 3.8) is 0 Å². The second kappa shape index (κ2) is 6.66. The predicted octanol–water partition coefficient (Wildman–Crippen LogP) is 2.39. The quantitative estimate of drug-likeness (QED) is 0.719. The van der Waals surface area contributed by atoms with Gasteiger partial charge in [-0.15, -0.1) is 0 Å². The first-order valence-electron chi connectivity index (χ1n) is 6.09. The van der Waals surface area contributed by atoms with Crippen molar-refractivity contribution in [1.29, 1.82) is 0 Å². The first kappa shape index (κ1) is 13.2. The summed E-state index contributed by atoms with van der Waals surface area (Å²) in [6, 6.07) is 7.28. The Hall–Kier alpha value is -0.860. The molecule has 0 atom stereocenters. The lowest BCUT2D eigenvalue weighted by Crippen LogP contribution is -2.31. The van der Waals surface area contributed by atoms with Gasteiger partial charge in [-0.05, 0) is 19.4 Å². The highest BCUT2D eigenvalue weighted by Crippen LogP contribution is 2.08. The van der Waals surface area contributed by atoms with Crippen LogP contribution < -0.4 is 10.6 Å². The summed E-state index contributed by atoms with van der Waals surface area (Å²) >= 11 is 0. The van der Waals surface area contributed by atoms with Gasteiger partial charge in [0, 0.05) is 25.7 Å². The molecular weight excluding hydrogens is 196 g/mol. The Kier molecular flexibility index (Phi) is 5.50. The number of rotatable bonds is 6. The molecule has 1 aromatic rings. The highest BCUT2D eigenvalue weighted by atomic mass is 15.0. The molecule has 16 heavy (non-hydrogen) atoms. The van der Waals surface area contributed by atoms with Gasteiger partial charge in [0.1, 0.15) is 0 Å². The van der Waals surface area contributed by atoms with Gasteiger partial charge in [-0.2, -0.15) is 0 Å². The summed E-state index contributed by atoms with van der Waals surface area (Å²) in [5.74, 6) is 0. The Balaban J connectivity index is 2.26. The molecule has 0 aromatic heterocycles. The van der Waals surface area contributed by atoms with Crippen molar-refractivity contribution in [1.82, 2.24) is 10.6 Å². The second-order valence-corrected chi connectivity index (χ2v) is 4.78. The molecule has 0 aliphatic rings. The van der Waals surface area contributed by atoms with E-state index in [4.69, 9.17) is 0 Å². The minimum atomic E-state index is 0.572. The summed E-state index contributed by atoms with van der Waals surface area (Å²) < 4.78 is 0. The molecule has 0 unspecified atom stereocenters. The Morgan fingerprint density at radius 1 is 1.00 bits per heavy atom. The highest BCUT2D eigenvalue weighted by molar-refractivity contribution is 5.28. The zero-order chi connectivity index (χ0) is 12.0. The van der Waals surface area contributed by atoms with Gasteiger partial charge in [0.25, 0.3) is 0 Å². The molecule has 0 fully saturated rings. The Bertz CT molecular complexity index is 298. The largest absolute Gasteiger partial charge is 0.313 e. The summed E-state index contributed by atoms with van der Waals surface area (Å²) in [5.41, 5.74) is 4.07. The van der Waals surface area contributed by atoms with Gasteiger partial charge in [0.15, 0.2) is 0 Å². The van der Waals surface area contributed by atoms with Crippen LogP contribution in [0.5, 0.6) is 0 Å². The van der Waals surface area contributed by atoms with Crippen LogP contribution in [0, 0.1) is 13.8 Å². The lowest BCUT2D eigenvalue weighted by atomic mass is 10.1. The Labute approximate surface area is 99.5 Å². The zero-order valence-corrected chi connectivity index (χ0v) is 10.9.